The highest BCUT2D eigenvalue weighted by Crippen LogP contribution is 2.25. The zero-order valence-corrected chi connectivity index (χ0v) is 15.1. The molecule has 0 saturated carbocycles. The number of likely N-dealkylation sites (N-methyl/N-ethyl adjacent to an activating group) is 1. The Kier molecular flexibility index (Phi) is 6.25. The highest BCUT2D eigenvalue weighted by atomic mass is 32.2. The van der Waals surface area contributed by atoms with Crippen LogP contribution in [0.4, 0.5) is 5.69 Å². The minimum atomic E-state index is -0.424. The fourth-order valence-electron chi connectivity index (χ4n) is 2.69. The van der Waals surface area contributed by atoms with Gasteiger partial charge in [0.1, 0.15) is 6.04 Å². The number of thioether (sulfide) groups is 1. The average Bonchev–Trinajstić information content (AvgIpc) is 3.04. The molecule has 1 atom stereocenters. The van der Waals surface area contributed by atoms with E-state index in [1.54, 1.807) is 45.8 Å². The van der Waals surface area contributed by atoms with Gasteiger partial charge >= 0.3 is 0 Å². The maximum atomic E-state index is 12.8. The second kappa shape index (κ2) is 8.19. The summed E-state index contributed by atoms with van der Waals surface area (Å²) in [5, 5.41) is 2.67. The predicted octanol–water partition coefficient (Wildman–Crippen LogP) is 2.03. The Morgan fingerprint density at radius 2 is 2.00 bits per heavy atom. The number of nitrogens with one attached hydrogen (secondary N) is 1. The van der Waals surface area contributed by atoms with Crippen molar-refractivity contribution in [3.63, 3.8) is 0 Å². The van der Waals surface area contributed by atoms with Crippen molar-refractivity contribution in [2.45, 2.75) is 26.8 Å². The smallest absolute Gasteiger partial charge is 0.255 e. The molecule has 1 aromatic carbocycles. The van der Waals surface area contributed by atoms with Crippen LogP contribution in [0.5, 0.6) is 0 Å². The van der Waals surface area contributed by atoms with E-state index in [9.17, 15) is 14.4 Å². The first-order chi connectivity index (χ1) is 11.5. The van der Waals surface area contributed by atoms with Gasteiger partial charge in [0.15, 0.2) is 0 Å². The van der Waals surface area contributed by atoms with Gasteiger partial charge < -0.3 is 15.1 Å². The third-order valence-electron chi connectivity index (χ3n) is 3.93. The van der Waals surface area contributed by atoms with Crippen LogP contribution in [0.25, 0.3) is 0 Å². The van der Waals surface area contributed by atoms with E-state index >= 15 is 0 Å². The molecule has 0 aromatic heterocycles. The van der Waals surface area contributed by atoms with Crippen molar-refractivity contribution in [1.82, 2.24) is 9.80 Å². The van der Waals surface area contributed by atoms with Crippen LogP contribution >= 0.6 is 11.8 Å². The minimum absolute atomic E-state index is 0.00337. The molecule has 1 fully saturated rings. The molecule has 130 valence electrons. The van der Waals surface area contributed by atoms with Gasteiger partial charge in [-0.2, -0.15) is 0 Å². The first-order valence-electron chi connectivity index (χ1n) is 8.03. The van der Waals surface area contributed by atoms with E-state index < -0.39 is 6.04 Å². The van der Waals surface area contributed by atoms with Gasteiger partial charge in [0.25, 0.3) is 5.91 Å². The molecule has 1 heterocycles. The lowest BCUT2D eigenvalue weighted by Crippen LogP contribution is -2.48. The number of anilines is 1. The van der Waals surface area contributed by atoms with Crippen molar-refractivity contribution in [2.24, 2.45) is 0 Å². The molecule has 2 rings (SSSR count). The molecule has 0 unspecified atom stereocenters. The predicted molar refractivity (Wildman–Crippen MR) is 96.0 cm³/mol. The Morgan fingerprint density at radius 1 is 1.29 bits per heavy atom. The number of nitrogens with zero attached hydrogens (tertiary/aromatic N) is 2. The summed E-state index contributed by atoms with van der Waals surface area (Å²) in [6, 6.07) is 6.38. The van der Waals surface area contributed by atoms with Gasteiger partial charge in [-0.05, 0) is 32.0 Å². The van der Waals surface area contributed by atoms with Gasteiger partial charge in [0.2, 0.25) is 11.8 Å². The second-order valence-corrected chi connectivity index (χ2v) is 6.56. The van der Waals surface area contributed by atoms with E-state index in [2.05, 4.69) is 5.32 Å². The molecule has 0 aliphatic carbocycles. The van der Waals surface area contributed by atoms with Crippen molar-refractivity contribution in [1.29, 1.82) is 0 Å². The molecule has 0 spiro atoms. The van der Waals surface area contributed by atoms with Crippen LogP contribution in [0.1, 0.15) is 31.1 Å². The van der Waals surface area contributed by atoms with Gasteiger partial charge in [0, 0.05) is 37.0 Å². The molecule has 1 saturated heterocycles. The van der Waals surface area contributed by atoms with E-state index in [0.29, 0.717) is 36.0 Å². The number of hydrogen-bond acceptors (Lipinski definition) is 4. The Bertz CT molecular complexity index is 631. The van der Waals surface area contributed by atoms with Crippen LogP contribution in [-0.4, -0.2) is 58.3 Å². The quantitative estimate of drug-likeness (QED) is 0.883. The summed E-state index contributed by atoms with van der Waals surface area (Å²) in [6.45, 7) is 6.57. The number of amides is 3. The zero-order valence-electron chi connectivity index (χ0n) is 14.2. The van der Waals surface area contributed by atoms with Crippen LogP contribution in [0, 0.1) is 0 Å². The maximum absolute atomic E-state index is 12.8. The Balaban J connectivity index is 2.19. The number of carbonyl (C=O) groups is 3. The molecule has 1 N–H and O–H groups in total. The van der Waals surface area contributed by atoms with Gasteiger partial charge in [-0.3, -0.25) is 14.4 Å². The summed E-state index contributed by atoms with van der Waals surface area (Å²) in [6.07, 6.45) is 0. The highest BCUT2D eigenvalue weighted by molar-refractivity contribution is 7.99. The molecule has 3 amide bonds. The van der Waals surface area contributed by atoms with E-state index in [1.807, 2.05) is 13.8 Å². The lowest BCUT2D eigenvalue weighted by molar-refractivity contribution is -0.134. The third-order valence-corrected chi connectivity index (χ3v) is 4.95. The standard InChI is InChI=1S/C17H23N3O3S/c1-4-19(5-2)17(23)15-10-24-11-20(15)16(22)13-7-6-8-14(9-13)18-12(3)21/h6-9,15H,4-5,10-11H2,1-3H3,(H,18,21)/t15-/m1/s1. The normalized spacial score (nSPS) is 16.8. The number of rotatable bonds is 5. The van der Waals surface area contributed by atoms with Crippen molar-refractivity contribution in [3.05, 3.63) is 29.8 Å². The Morgan fingerprint density at radius 3 is 2.62 bits per heavy atom. The third kappa shape index (κ3) is 4.08. The minimum Gasteiger partial charge on any atom is -0.341 e. The molecule has 7 heteroatoms. The molecule has 24 heavy (non-hydrogen) atoms. The Labute approximate surface area is 146 Å². The van der Waals surface area contributed by atoms with Crippen LogP contribution in [-0.2, 0) is 9.59 Å². The van der Waals surface area contributed by atoms with Crippen LogP contribution < -0.4 is 5.32 Å². The summed E-state index contributed by atoms with van der Waals surface area (Å²) in [7, 11) is 0. The fourth-order valence-corrected chi connectivity index (χ4v) is 3.84. The van der Waals surface area contributed by atoms with Crippen molar-refractivity contribution < 1.29 is 14.4 Å². The monoisotopic (exact) mass is 349 g/mol. The van der Waals surface area contributed by atoms with Gasteiger partial charge in [0.05, 0.1) is 5.88 Å². The summed E-state index contributed by atoms with van der Waals surface area (Å²) in [4.78, 5) is 40.0. The molecular weight excluding hydrogens is 326 g/mol. The maximum Gasteiger partial charge on any atom is 0.255 e. The number of carbonyl (C=O) groups excluding carboxylic acids is 3. The lowest BCUT2D eigenvalue weighted by atomic mass is 10.1. The SMILES string of the molecule is CCN(CC)C(=O)[C@H]1CSCN1C(=O)c1cccc(NC(C)=O)c1. The second-order valence-electron chi connectivity index (χ2n) is 5.56. The van der Waals surface area contributed by atoms with Crippen molar-refractivity contribution in [2.75, 3.05) is 30.0 Å². The first kappa shape index (κ1) is 18.3. The van der Waals surface area contributed by atoms with Crippen LogP contribution in [0.15, 0.2) is 24.3 Å². The highest BCUT2D eigenvalue weighted by Gasteiger charge is 2.36. The molecule has 1 aromatic rings. The number of hydrogen-bond donors (Lipinski definition) is 1. The fraction of sp³-hybridized carbons (Fsp3) is 0.471. The summed E-state index contributed by atoms with van der Waals surface area (Å²) < 4.78 is 0. The van der Waals surface area contributed by atoms with Gasteiger partial charge in [-0.1, -0.05) is 6.07 Å². The van der Waals surface area contributed by atoms with Crippen molar-refractivity contribution >= 4 is 35.2 Å². The summed E-state index contributed by atoms with van der Waals surface area (Å²) in [5.74, 6) is 0.743. The molecular formula is C17H23N3O3S. The molecule has 1 aliphatic heterocycles. The summed E-state index contributed by atoms with van der Waals surface area (Å²) in [5.41, 5.74) is 1.05. The van der Waals surface area contributed by atoms with E-state index in [0.717, 1.165) is 0 Å². The van der Waals surface area contributed by atoms with Gasteiger partial charge in [-0.25, -0.2) is 0 Å². The topological polar surface area (TPSA) is 69.7 Å². The van der Waals surface area contributed by atoms with Gasteiger partial charge in [-0.15, -0.1) is 11.8 Å². The average molecular weight is 349 g/mol. The zero-order chi connectivity index (χ0) is 17.7. The first-order valence-corrected chi connectivity index (χ1v) is 9.18. The summed E-state index contributed by atoms with van der Waals surface area (Å²) >= 11 is 1.58. The molecule has 0 radical (unpaired) electrons. The van der Waals surface area contributed by atoms with Crippen LogP contribution in [0.2, 0.25) is 0 Å². The van der Waals surface area contributed by atoms with Crippen LogP contribution in [0.3, 0.4) is 0 Å². The van der Waals surface area contributed by atoms with E-state index in [4.69, 9.17) is 0 Å². The van der Waals surface area contributed by atoms with Crippen molar-refractivity contribution in [3.8, 4) is 0 Å². The largest absolute Gasteiger partial charge is 0.341 e. The number of benzene rings is 1. The van der Waals surface area contributed by atoms with E-state index in [1.165, 1.54) is 6.92 Å². The molecule has 6 nitrogen and oxygen atoms in total. The van der Waals surface area contributed by atoms with E-state index in [-0.39, 0.29) is 17.7 Å². The Hall–Kier alpha value is -2.02. The lowest BCUT2D eigenvalue weighted by Gasteiger charge is -2.28. The molecule has 0 bridgehead atoms. The molecule has 1 aliphatic rings.